The molecule has 0 unspecified atom stereocenters. The van der Waals surface area contributed by atoms with Crippen molar-refractivity contribution in [2.45, 2.75) is 29.4 Å². The summed E-state index contributed by atoms with van der Waals surface area (Å²) in [5.74, 6) is 11.8. The number of rotatable bonds is 6. The Morgan fingerprint density at radius 3 is 2.48 bits per heavy atom. The van der Waals surface area contributed by atoms with Gasteiger partial charge in [-0.25, -0.2) is 16.1 Å². The largest absolute Gasteiger partial charge is 0.314 e. The summed E-state index contributed by atoms with van der Waals surface area (Å²) in [5, 5.41) is 3.13. The third-order valence-corrected chi connectivity index (χ3v) is 5.31. The maximum Gasteiger partial charge on any atom is 0.223 e. The van der Waals surface area contributed by atoms with E-state index < -0.39 is 0 Å². The lowest BCUT2D eigenvalue weighted by atomic mass is 10.0. The highest BCUT2D eigenvalue weighted by molar-refractivity contribution is 7.98. The van der Waals surface area contributed by atoms with Crippen molar-refractivity contribution in [1.82, 2.24) is 5.01 Å². The molecule has 0 saturated heterocycles. The van der Waals surface area contributed by atoms with E-state index in [2.05, 4.69) is 6.07 Å². The van der Waals surface area contributed by atoms with Crippen molar-refractivity contribution >= 4 is 35.5 Å². The minimum atomic E-state index is -0.235. The molecule has 8 heteroatoms. The van der Waals surface area contributed by atoms with Crippen LogP contribution in [-0.4, -0.2) is 25.5 Å². The molecule has 0 radical (unpaired) electrons. The molecule has 3 rings (SSSR count). The zero-order valence-corrected chi connectivity index (χ0v) is 16.9. The minimum absolute atomic E-state index is 0.235. The molecule has 0 bridgehead atoms. The molecule has 0 spiro atoms. The first-order valence-corrected chi connectivity index (χ1v) is 9.80. The number of hydrazine groups is 2. The van der Waals surface area contributed by atoms with Gasteiger partial charge in [-0.15, -0.1) is 11.8 Å². The fourth-order valence-electron chi connectivity index (χ4n) is 2.59. The summed E-state index contributed by atoms with van der Waals surface area (Å²) in [6, 6.07) is 10.9. The number of hydrogen-bond donors (Lipinski definition) is 2. The Labute approximate surface area is 168 Å². The molecule has 0 atom stereocenters. The summed E-state index contributed by atoms with van der Waals surface area (Å²) < 4.78 is 13.9. The van der Waals surface area contributed by atoms with Gasteiger partial charge in [0.05, 0.1) is 5.69 Å². The van der Waals surface area contributed by atoms with Crippen molar-refractivity contribution in [2.24, 2.45) is 11.7 Å². The van der Waals surface area contributed by atoms with Crippen LogP contribution >= 0.6 is 23.4 Å². The molecule has 0 heterocycles. The summed E-state index contributed by atoms with van der Waals surface area (Å²) in [7, 11) is 3.30. The van der Waals surface area contributed by atoms with Gasteiger partial charge in [0.1, 0.15) is 5.82 Å². The second-order valence-electron chi connectivity index (χ2n) is 6.36. The first kappa shape index (κ1) is 21.5. The normalized spacial score (nSPS) is 12.8. The zero-order valence-electron chi connectivity index (χ0n) is 15.4. The lowest BCUT2D eigenvalue weighted by molar-refractivity contribution is -0.117. The highest BCUT2D eigenvalue weighted by Crippen LogP contribution is 2.45. The van der Waals surface area contributed by atoms with E-state index in [4.69, 9.17) is 23.3 Å². The van der Waals surface area contributed by atoms with Gasteiger partial charge in [0.2, 0.25) is 6.41 Å². The summed E-state index contributed by atoms with van der Waals surface area (Å²) >= 11 is 7.43. The molecule has 146 valence electrons. The van der Waals surface area contributed by atoms with Gasteiger partial charge in [0, 0.05) is 29.8 Å². The van der Waals surface area contributed by atoms with E-state index in [1.54, 1.807) is 17.1 Å². The number of anilines is 1. The van der Waals surface area contributed by atoms with Crippen LogP contribution in [0.25, 0.3) is 0 Å². The second kappa shape index (κ2) is 9.94. The number of benzene rings is 2. The van der Waals surface area contributed by atoms with Gasteiger partial charge in [-0.3, -0.25) is 9.80 Å². The van der Waals surface area contributed by atoms with Crippen LogP contribution in [0, 0.1) is 5.82 Å². The molecular weight excluding hydrogens is 387 g/mol. The van der Waals surface area contributed by atoms with Crippen molar-refractivity contribution in [3.63, 3.8) is 0 Å². The molecule has 1 amide bonds. The average Bonchev–Trinajstić information content (AvgIpc) is 3.47. The van der Waals surface area contributed by atoms with Crippen LogP contribution < -0.4 is 16.7 Å². The molecule has 2 aromatic carbocycles. The van der Waals surface area contributed by atoms with Crippen molar-refractivity contribution in [1.29, 1.82) is 0 Å². The van der Waals surface area contributed by atoms with E-state index in [-0.39, 0.29) is 5.82 Å². The summed E-state index contributed by atoms with van der Waals surface area (Å²) in [6.07, 6.45) is 2.97. The van der Waals surface area contributed by atoms with Crippen LogP contribution in [-0.2, 0) is 10.5 Å². The van der Waals surface area contributed by atoms with E-state index in [9.17, 15) is 9.18 Å². The number of thioether (sulfide) groups is 1. The second-order valence-corrected chi connectivity index (χ2v) is 7.82. The molecule has 2 aromatic rings. The molecule has 0 aromatic heterocycles. The van der Waals surface area contributed by atoms with E-state index in [0.29, 0.717) is 28.0 Å². The average molecular weight is 411 g/mol. The first-order valence-electron chi connectivity index (χ1n) is 8.44. The van der Waals surface area contributed by atoms with Crippen LogP contribution in [0.15, 0.2) is 41.3 Å². The van der Waals surface area contributed by atoms with Crippen LogP contribution in [0.3, 0.4) is 0 Å². The van der Waals surface area contributed by atoms with E-state index >= 15 is 0 Å². The Hall–Kier alpha value is -1.80. The van der Waals surface area contributed by atoms with Gasteiger partial charge >= 0.3 is 0 Å². The topological polar surface area (TPSA) is 75.6 Å². The fraction of sp³-hybridized carbons (Fsp3) is 0.316. The van der Waals surface area contributed by atoms with Gasteiger partial charge in [-0.05, 0) is 54.2 Å². The highest BCUT2D eigenvalue weighted by Gasteiger charge is 2.27. The van der Waals surface area contributed by atoms with Gasteiger partial charge < -0.3 is 5.01 Å². The Morgan fingerprint density at radius 2 is 1.93 bits per heavy atom. The van der Waals surface area contributed by atoms with Gasteiger partial charge in [-0.2, -0.15) is 0 Å². The number of halogens is 2. The van der Waals surface area contributed by atoms with Crippen molar-refractivity contribution < 1.29 is 9.18 Å². The lowest BCUT2D eigenvalue weighted by Crippen LogP contribution is -2.26. The number of carbonyl (C=O) groups excluding carboxylic acids is 1. The van der Waals surface area contributed by atoms with Crippen molar-refractivity contribution in [3.05, 3.63) is 58.4 Å². The number of nitrogens with zero attached hydrogens (tertiary/aromatic N) is 2. The minimum Gasteiger partial charge on any atom is -0.314 e. The molecule has 5 nitrogen and oxygen atoms in total. The molecular formula is C19H24ClFN4OS. The van der Waals surface area contributed by atoms with Crippen molar-refractivity contribution in [3.8, 4) is 0 Å². The van der Waals surface area contributed by atoms with E-state index in [1.807, 2.05) is 19.2 Å². The van der Waals surface area contributed by atoms with E-state index in [0.717, 1.165) is 10.7 Å². The van der Waals surface area contributed by atoms with Gasteiger partial charge in [-0.1, -0.05) is 23.7 Å². The standard InChI is InChI=1S/C17H18ClFN2S.C2H6N2O/c1-21(20)16-4-2-3-13(11-5-6-11)14(16)10-22-17-9-12(18)7-8-15(17)19;1-4(3)2-5/h2-4,7-9,11H,5-6,10,20H2,1H3;2H,3H2,1H3. The predicted octanol–water partition coefficient (Wildman–Crippen LogP) is 3.91. The Balaban J connectivity index is 0.000000465. The Bertz CT molecular complexity index is 764. The van der Waals surface area contributed by atoms with Crippen LogP contribution in [0.4, 0.5) is 10.1 Å². The summed E-state index contributed by atoms with van der Waals surface area (Å²) in [5.41, 5.74) is 3.53. The highest BCUT2D eigenvalue weighted by atomic mass is 35.5. The Morgan fingerprint density at radius 1 is 1.26 bits per heavy atom. The zero-order chi connectivity index (χ0) is 20.0. The monoisotopic (exact) mass is 410 g/mol. The summed E-state index contributed by atoms with van der Waals surface area (Å²) in [4.78, 5) is 9.88. The van der Waals surface area contributed by atoms with Crippen LogP contribution in [0.2, 0.25) is 5.02 Å². The third-order valence-electron chi connectivity index (χ3n) is 4.02. The third kappa shape index (κ3) is 6.39. The Kier molecular flexibility index (Phi) is 7.91. The summed E-state index contributed by atoms with van der Waals surface area (Å²) in [6.45, 7) is 0. The molecule has 4 N–H and O–H groups in total. The van der Waals surface area contributed by atoms with Gasteiger partial charge in [0.15, 0.2) is 0 Å². The number of amides is 1. The molecule has 27 heavy (non-hydrogen) atoms. The maximum absolute atomic E-state index is 13.9. The predicted molar refractivity (Wildman–Crippen MR) is 110 cm³/mol. The number of carbonyl (C=O) groups is 1. The maximum atomic E-state index is 13.9. The fourth-order valence-corrected chi connectivity index (χ4v) is 3.86. The molecule has 1 aliphatic carbocycles. The SMILES string of the molecule is CN(N)C=O.CN(N)c1cccc(C2CC2)c1CSc1cc(Cl)ccc1F. The molecule has 0 aliphatic heterocycles. The van der Waals surface area contributed by atoms with Crippen LogP contribution in [0.5, 0.6) is 0 Å². The number of hydrogen-bond acceptors (Lipinski definition) is 5. The van der Waals surface area contributed by atoms with Crippen molar-refractivity contribution in [2.75, 3.05) is 19.1 Å². The molecule has 1 aliphatic rings. The smallest absolute Gasteiger partial charge is 0.223 e. The lowest BCUT2D eigenvalue weighted by Gasteiger charge is -2.20. The molecule has 1 saturated carbocycles. The quantitative estimate of drug-likeness (QED) is 0.248. The first-order chi connectivity index (χ1) is 12.8. The molecule has 1 fully saturated rings. The number of nitrogens with two attached hydrogens (primary N) is 2. The van der Waals surface area contributed by atoms with Crippen LogP contribution in [0.1, 0.15) is 29.9 Å². The van der Waals surface area contributed by atoms with E-state index in [1.165, 1.54) is 48.8 Å². The van der Waals surface area contributed by atoms with Gasteiger partial charge in [0.25, 0.3) is 0 Å².